The van der Waals surface area contributed by atoms with E-state index in [0.29, 0.717) is 36.2 Å². The summed E-state index contributed by atoms with van der Waals surface area (Å²) >= 11 is 3.38. The summed E-state index contributed by atoms with van der Waals surface area (Å²) in [5.41, 5.74) is 1.71. The van der Waals surface area contributed by atoms with Gasteiger partial charge in [0, 0.05) is 36.2 Å². The lowest BCUT2D eigenvalue weighted by Gasteiger charge is -2.19. The van der Waals surface area contributed by atoms with Crippen LogP contribution in [0.25, 0.3) is 0 Å². The van der Waals surface area contributed by atoms with Gasteiger partial charge in [0.15, 0.2) is 0 Å². The first-order valence-corrected chi connectivity index (χ1v) is 11.4. The Hall–Kier alpha value is -0.960. The molecule has 1 N–H and O–H groups in total. The SMILES string of the molecule is CCCCN(C)CCNS(=O)(=O)c1cc2c(cc1Br)CCN2C(=O)CC. The van der Waals surface area contributed by atoms with Crippen molar-refractivity contribution in [1.29, 1.82) is 0 Å². The zero-order chi connectivity index (χ0) is 19.3. The Morgan fingerprint density at radius 3 is 2.69 bits per heavy atom. The molecule has 6 nitrogen and oxygen atoms in total. The van der Waals surface area contributed by atoms with Crippen LogP contribution < -0.4 is 9.62 Å². The van der Waals surface area contributed by atoms with Crippen LogP contribution >= 0.6 is 15.9 Å². The lowest BCUT2D eigenvalue weighted by molar-refractivity contribution is -0.118. The van der Waals surface area contributed by atoms with Crippen molar-refractivity contribution in [3.05, 3.63) is 22.2 Å². The first-order chi connectivity index (χ1) is 12.3. The van der Waals surface area contributed by atoms with Crippen LogP contribution in [0.5, 0.6) is 0 Å². The number of fused-ring (bicyclic) bond motifs is 1. The van der Waals surface area contributed by atoms with E-state index >= 15 is 0 Å². The zero-order valence-electron chi connectivity index (χ0n) is 15.7. The highest BCUT2D eigenvalue weighted by atomic mass is 79.9. The van der Waals surface area contributed by atoms with E-state index in [-0.39, 0.29) is 10.8 Å². The quantitative estimate of drug-likeness (QED) is 0.634. The van der Waals surface area contributed by atoms with Gasteiger partial charge in [-0.05, 0) is 60.1 Å². The Kier molecular flexibility index (Phi) is 7.63. The number of rotatable bonds is 9. The molecule has 8 heteroatoms. The molecule has 1 aromatic rings. The number of nitrogens with zero attached hydrogens (tertiary/aromatic N) is 2. The van der Waals surface area contributed by atoms with Crippen molar-refractivity contribution < 1.29 is 13.2 Å². The predicted octanol–water partition coefficient (Wildman–Crippen LogP) is 2.76. The second kappa shape index (κ2) is 9.30. The summed E-state index contributed by atoms with van der Waals surface area (Å²) < 4.78 is 28.7. The minimum absolute atomic E-state index is 0.0138. The fraction of sp³-hybridized carbons (Fsp3) is 0.611. The number of hydrogen-bond acceptors (Lipinski definition) is 4. The molecule has 2 rings (SSSR count). The maximum Gasteiger partial charge on any atom is 0.241 e. The first-order valence-electron chi connectivity index (χ1n) is 9.11. The van der Waals surface area contributed by atoms with Crippen molar-refractivity contribution >= 4 is 37.5 Å². The molecule has 0 bridgehead atoms. The van der Waals surface area contributed by atoms with Crippen LogP contribution in [0.1, 0.15) is 38.7 Å². The van der Waals surface area contributed by atoms with Crippen LogP contribution in [0.4, 0.5) is 5.69 Å². The van der Waals surface area contributed by atoms with E-state index < -0.39 is 10.0 Å². The molecule has 1 aromatic carbocycles. The third-order valence-electron chi connectivity index (χ3n) is 4.60. The number of amides is 1. The zero-order valence-corrected chi connectivity index (χ0v) is 18.1. The summed E-state index contributed by atoms with van der Waals surface area (Å²) in [6.45, 7) is 6.51. The monoisotopic (exact) mass is 445 g/mol. The second-order valence-electron chi connectivity index (χ2n) is 6.61. The van der Waals surface area contributed by atoms with Crippen molar-refractivity contribution in [1.82, 2.24) is 9.62 Å². The molecule has 1 aliphatic rings. The standard InChI is InChI=1S/C18H28BrN3O3S/c1-4-6-9-21(3)11-8-20-26(24,25)17-13-16-14(12-15(17)19)7-10-22(16)18(23)5-2/h12-13,20H,4-11H2,1-3H3. The van der Waals surface area contributed by atoms with Gasteiger partial charge in [0.2, 0.25) is 15.9 Å². The molecule has 0 atom stereocenters. The van der Waals surface area contributed by atoms with Gasteiger partial charge >= 0.3 is 0 Å². The van der Waals surface area contributed by atoms with Crippen LogP contribution in [0, 0.1) is 0 Å². The van der Waals surface area contributed by atoms with E-state index in [4.69, 9.17) is 0 Å². The summed E-state index contributed by atoms with van der Waals surface area (Å²) in [4.78, 5) is 16.1. The van der Waals surface area contributed by atoms with Gasteiger partial charge in [-0.15, -0.1) is 0 Å². The average molecular weight is 446 g/mol. The number of nitrogens with one attached hydrogen (secondary N) is 1. The maximum atomic E-state index is 12.7. The number of benzene rings is 1. The van der Waals surface area contributed by atoms with Crippen molar-refractivity contribution in [2.45, 2.75) is 44.4 Å². The van der Waals surface area contributed by atoms with Crippen LogP contribution in [0.2, 0.25) is 0 Å². The predicted molar refractivity (Wildman–Crippen MR) is 108 cm³/mol. The molecular formula is C18H28BrN3O3S. The van der Waals surface area contributed by atoms with Crippen LogP contribution in [0.15, 0.2) is 21.5 Å². The van der Waals surface area contributed by atoms with Gasteiger partial charge < -0.3 is 9.80 Å². The minimum Gasteiger partial charge on any atom is -0.312 e. The van der Waals surface area contributed by atoms with Crippen molar-refractivity contribution in [2.75, 3.05) is 38.1 Å². The molecule has 1 heterocycles. The number of halogens is 1. The highest BCUT2D eigenvalue weighted by molar-refractivity contribution is 9.10. The summed E-state index contributed by atoms with van der Waals surface area (Å²) in [7, 11) is -1.66. The number of sulfonamides is 1. The minimum atomic E-state index is -3.65. The highest BCUT2D eigenvalue weighted by Gasteiger charge is 2.28. The van der Waals surface area contributed by atoms with Gasteiger partial charge in [0.1, 0.15) is 0 Å². The smallest absolute Gasteiger partial charge is 0.241 e. The molecule has 0 fully saturated rings. The number of unbranched alkanes of at least 4 members (excludes halogenated alkanes) is 1. The molecular weight excluding hydrogens is 418 g/mol. The molecule has 1 amide bonds. The normalized spacial score (nSPS) is 14.1. The van der Waals surface area contributed by atoms with Crippen molar-refractivity contribution in [3.8, 4) is 0 Å². The second-order valence-corrected chi connectivity index (χ2v) is 9.20. The maximum absolute atomic E-state index is 12.7. The van der Waals surface area contributed by atoms with Crippen LogP contribution in [-0.4, -0.2) is 52.5 Å². The van der Waals surface area contributed by atoms with E-state index in [9.17, 15) is 13.2 Å². The lowest BCUT2D eigenvalue weighted by atomic mass is 10.2. The molecule has 0 radical (unpaired) electrons. The third-order valence-corrected chi connectivity index (χ3v) is 7.02. The Labute approximate surface area is 165 Å². The summed E-state index contributed by atoms with van der Waals surface area (Å²) in [6, 6.07) is 3.43. The molecule has 0 saturated carbocycles. The van der Waals surface area contributed by atoms with Crippen molar-refractivity contribution in [3.63, 3.8) is 0 Å². The number of carbonyl (C=O) groups excluding carboxylic acids is 1. The van der Waals surface area contributed by atoms with Gasteiger partial charge in [-0.2, -0.15) is 0 Å². The van der Waals surface area contributed by atoms with E-state index in [0.717, 1.165) is 31.4 Å². The fourth-order valence-electron chi connectivity index (χ4n) is 3.03. The van der Waals surface area contributed by atoms with Gasteiger partial charge in [-0.25, -0.2) is 13.1 Å². The fourth-order valence-corrected chi connectivity index (χ4v) is 5.16. The molecule has 0 aliphatic carbocycles. The molecule has 0 unspecified atom stereocenters. The molecule has 0 aromatic heterocycles. The Morgan fingerprint density at radius 1 is 1.31 bits per heavy atom. The van der Waals surface area contributed by atoms with Crippen LogP contribution in [0.3, 0.4) is 0 Å². The summed E-state index contributed by atoms with van der Waals surface area (Å²) in [6.07, 6.45) is 3.36. The summed E-state index contributed by atoms with van der Waals surface area (Å²) in [5, 5.41) is 0. The first kappa shape index (κ1) is 21.3. The van der Waals surface area contributed by atoms with Crippen molar-refractivity contribution in [2.24, 2.45) is 0 Å². The van der Waals surface area contributed by atoms with Gasteiger partial charge in [0.25, 0.3) is 0 Å². The Balaban J connectivity index is 2.13. The number of likely N-dealkylation sites (N-methyl/N-ethyl adjacent to an activating group) is 1. The lowest BCUT2D eigenvalue weighted by Crippen LogP contribution is -2.33. The Bertz CT molecular complexity index is 752. The highest BCUT2D eigenvalue weighted by Crippen LogP contribution is 2.35. The molecule has 1 aliphatic heterocycles. The molecule has 0 spiro atoms. The molecule has 146 valence electrons. The largest absolute Gasteiger partial charge is 0.312 e. The van der Waals surface area contributed by atoms with Gasteiger partial charge in [-0.3, -0.25) is 4.79 Å². The average Bonchev–Trinajstić information content (AvgIpc) is 3.00. The van der Waals surface area contributed by atoms with E-state index in [1.807, 2.05) is 20.0 Å². The van der Waals surface area contributed by atoms with E-state index in [1.165, 1.54) is 0 Å². The van der Waals surface area contributed by atoms with Crippen LogP contribution in [-0.2, 0) is 21.2 Å². The molecule has 26 heavy (non-hydrogen) atoms. The van der Waals surface area contributed by atoms with Gasteiger partial charge in [-0.1, -0.05) is 20.3 Å². The van der Waals surface area contributed by atoms with E-state index in [1.54, 1.807) is 11.0 Å². The summed E-state index contributed by atoms with van der Waals surface area (Å²) in [5.74, 6) is 0.0138. The Morgan fingerprint density at radius 2 is 2.04 bits per heavy atom. The molecule has 0 saturated heterocycles. The topological polar surface area (TPSA) is 69.7 Å². The third kappa shape index (κ3) is 5.06. The van der Waals surface area contributed by atoms with E-state index in [2.05, 4.69) is 32.5 Å². The number of carbonyl (C=O) groups is 1. The van der Waals surface area contributed by atoms with Gasteiger partial charge in [0.05, 0.1) is 4.90 Å². The number of hydrogen-bond donors (Lipinski definition) is 1. The number of anilines is 1.